The van der Waals surface area contributed by atoms with E-state index < -0.39 is 16.0 Å². The zero-order valence-corrected chi connectivity index (χ0v) is 16.3. The fourth-order valence-corrected chi connectivity index (χ4v) is 4.81. The minimum absolute atomic E-state index is 0.0814. The molecule has 1 aliphatic heterocycles. The SMILES string of the molecule is O=C(OCc1nnsc1Cl)c1ccc(S(=O)(=O)N2CCCCCC2)cc1. The van der Waals surface area contributed by atoms with Crippen molar-refractivity contribution in [2.45, 2.75) is 37.2 Å². The van der Waals surface area contributed by atoms with Gasteiger partial charge < -0.3 is 4.74 Å². The van der Waals surface area contributed by atoms with Gasteiger partial charge in [-0.05, 0) is 37.1 Å². The quantitative estimate of drug-likeness (QED) is 0.697. The highest BCUT2D eigenvalue weighted by Crippen LogP contribution is 2.22. The summed E-state index contributed by atoms with van der Waals surface area (Å²) in [5, 5.41) is 3.76. The fourth-order valence-electron chi connectivity index (χ4n) is 2.69. The standard InChI is InChI=1S/C16H18ClN3O4S2/c17-15-14(18-19-25-15)11-24-16(21)12-5-7-13(8-6-12)26(22,23)20-9-3-1-2-4-10-20/h5-8H,1-4,9-11H2. The summed E-state index contributed by atoms with van der Waals surface area (Å²) in [5.74, 6) is -0.576. The maximum absolute atomic E-state index is 12.7. The van der Waals surface area contributed by atoms with Gasteiger partial charge in [0.15, 0.2) is 0 Å². The minimum atomic E-state index is -3.53. The van der Waals surface area contributed by atoms with E-state index in [0.717, 1.165) is 37.2 Å². The Balaban J connectivity index is 1.67. The van der Waals surface area contributed by atoms with Gasteiger partial charge in [0.1, 0.15) is 16.6 Å². The third kappa shape index (κ3) is 4.40. The summed E-state index contributed by atoms with van der Waals surface area (Å²) in [5.41, 5.74) is 0.657. The van der Waals surface area contributed by atoms with Crippen molar-refractivity contribution in [2.75, 3.05) is 13.1 Å². The van der Waals surface area contributed by atoms with E-state index in [1.165, 1.54) is 28.6 Å². The van der Waals surface area contributed by atoms with Crippen LogP contribution in [0.25, 0.3) is 0 Å². The predicted octanol–water partition coefficient (Wildman–Crippen LogP) is 3.11. The van der Waals surface area contributed by atoms with Crippen molar-refractivity contribution in [3.05, 3.63) is 39.9 Å². The van der Waals surface area contributed by atoms with Crippen LogP contribution in [0.1, 0.15) is 41.7 Å². The zero-order chi connectivity index (χ0) is 18.6. The molecule has 0 bridgehead atoms. The third-order valence-corrected chi connectivity index (χ3v) is 7.04. The van der Waals surface area contributed by atoms with E-state index in [1.54, 1.807) is 0 Å². The summed E-state index contributed by atoms with van der Waals surface area (Å²) < 4.78 is 36.1. The summed E-state index contributed by atoms with van der Waals surface area (Å²) in [6.07, 6.45) is 3.85. The van der Waals surface area contributed by atoms with Gasteiger partial charge in [-0.3, -0.25) is 0 Å². The first-order valence-electron chi connectivity index (χ1n) is 8.22. The molecule has 0 atom stereocenters. The van der Waals surface area contributed by atoms with Gasteiger partial charge in [0.25, 0.3) is 0 Å². The summed E-state index contributed by atoms with van der Waals surface area (Å²) in [4.78, 5) is 12.3. The van der Waals surface area contributed by atoms with E-state index >= 15 is 0 Å². The van der Waals surface area contributed by atoms with Crippen molar-refractivity contribution < 1.29 is 17.9 Å². The highest BCUT2D eigenvalue weighted by atomic mass is 35.5. The molecule has 0 aliphatic carbocycles. The number of sulfonamides is 1. The minimum Gasteiger partial charge on any atom is -0.455 e. The van der Waals surface area contributed by atoms with E-state index in [1.807, 2.05) is 0 Å². The average molecular weight is 416 g/mol. The molecular weight excluding hydrogens is 398 g/mol. The second-order valence-electron chi connectivity index (χ2n) is 5.91. The molecule has 0 spiro atoms. The molecule has 0 saturated carbocycles. The van der Waals surface area contributed by atoms with Crippen LogP contribution in [0.4, 0.5) is 0 Å². The Morgan fingerprint density at radius 3 is 2.38 bits per heavy atom. The Hall–Kier alpha value is -1.55. The number of hydrogen-bond donors (Lipinski definition) is 0. The van der Waals surface area contributed by atoms with Gasteiger partial charge in [-0.2, -0.15) is 4.31 Å². The van der Waals surface area contributed by atoms with Gasteiger partial charge in [-0.1, -0.05) is 28.9 Å². The van der Waals surface area contributed by atoms with Gasteiger partial charge in [0.05, 0.1) is 10.5 Å². The van der Waals surface area contributed by atoms with Gasteiger partial charge in [0, 0.05) is 24.6 Å². The van der Waals surface area contributed by atoms with Crippen LogP contribution in [0.15, 0.2) is 29.2 Å². The summed E-state index contributed by atoms with van der Waals surface area (Å²) in [7, 11) is -3.53. The first-order chi connectivity index (χ1) is 12.5. The Labute approximate surface area is 161 Å². The molecule has 26 heavy (non-hydrogen) atoms. The van der Waals surface area contributed by atoms with Crippen LogP contribution in [0, 0.1) is 0 Å². The summed E-state index contributed by atoms with van der Waals surface area (Å²) >= 11 is 6.87. The largest absolute Gasteiger partial charge is 0.455 e. The lowest BCUT2D eigenvalue weighted by Gasteiger charge is -2.19. The first-order valence-corrected chi connectivity index (χ1v) is 10.8. The van der Waals surface area contributed by atoms with Gasteiger partial charge in [-0.15, -0.1) is 5.10 Å². The Kier molecular flexibility index (Phi) is 6.23. The molecule has 1 fully saturated rings. The molecule has 1 aromatic carbocycles. The number of aromatic nitrogens is 2. The van der Waals surface area contributed by atoms with Crippen LogP contribution < -0.4 is 0 Å². The second kappa shape index (κ2) is 8.43. The first kappa shape index (κ1) is 19.2. The zero-order valence-electron chi connectivity index (χ0n) is 13.9. The Bertz CT molecular complexity index is 860. The number of esters is 1. The molecule has 3 rings (SSSR count). The van der Waals surface area contributed by atoms with Crippen LogP contribution in [-0.4, -0.2) is 41.4 Å². The molecule has 0 amide bonds. The van der Waals surface area contributed by atoms with Gasteiger partial charge in [-0.25, -0.2) is 13.2 Å². The topological polar surface area (TPSA) is 89.5 Å². The number of ether oxygens (including phenoxy) is 1. The van der Waals surface area contributed by atoms with Crippen LogP contribution in [0.3, 0.4) is 0 Å². The molecule has 0 unspecified atom stereocenters. The number of rotatable bonds is 5. The number of carbonyl (C=O) groups excluding carboxylic acids is 1. The molecule has 0 N–H and O–H groups in total. The lowest BCUT2D eigenvalue weighted by Crippen LogP contribution is -2.31. The monoisotopic (exact) mass is 415 g/mol. The molecular formula is C16H18ClN3O4S2. The number of carbonyl (C=O) groups is 1. The van der Waals surface area contributed by atoms with Crippen molar-refractivity contribution in [1.82, 2.24) is 13.9 Å². The molecule has 7 nitrogen and oxygen atoms in total. The Morgan fingerprint density at radius 1 is 1.15 bits per heavy atom. The van der Waals surface area contributed by atoms with Crippen LogP contribution in [0.5, 0.6) is 0 Å². The molecule has 1 aliphatic rings. The van der Waals surface area contributed by atoms with Crippen molar-refractivity contribution in [2.24, 2.45) is 0 Å². The van der Waals surface area contributed by atoms with Gasteiger partial charge in [0.2, 0.25) is 10.0 Å². The lowest BCUT2D eigenvalue weighted by atomic mass is 10.2. The van der Waals surface area contributed by atoms with Crippen molar-refractivity contribution in [3.63, 3.8) is 0 Å². The molecule has 10 heteroatoms. The molecule has 2 heterocycles. The molecule has 1 aromatic heterocycles. The molecule has 140 valence electrons. The molecule has 0 radical (unpaired) electrons. The van der Waals surface area contributed by atoms with E-state index in [2.05, 4.69) is 9.59 Å². The van der Waals surface area contributed by atoms with Gasteiger partial charge >= 0.3 is 5.97 Å². The predicted molar refractivity (Wildman–Crippen MR) is 97.7 cm³/mol. The van der Waals surface area contributed by atoms with E-state index in [-0.39, 0.29) is 17.1 Å². The third-order valence-electron chi connectivity index (χ3n) is 4.14. The van der Waals surface area contributed by atoms with Crippen LogP contribution in [-0.2, 0) is 21.4 Å². The molecule has 1 saturated heterocycles. The number of halogens is 1. The van der Waals surface area contributed by atoms with Crippen LogP contribution in [0.2, 0.25) is 4.34 Å². The average Bonchev–Trinajstić information content (AvgIpc) is 2.88. The summed E-state index contributed by atoms with van der Waals surface area (Å²) in [6, 6.07) is 5.78. The number of benzene rings is 1. The smallest absolute Gasteiger partial charge is 0.338 e. The molecule has 2 aromatic rings. The number of hydrogen-bond acceptors (Lipinski definition) is 7. The fraction of sp³-hybridized carbons (Fsp3) is 0.438. The highest BCUT2D eigenvalue weighted by Gasteiger charge is 2.25. The normalized spacial score (nSPS) is 16.2. The lowest BCUT2D eigenvalue weighted by molar-refractivity contribution is 0.0468. The highest BCUT2D eigenvalue weighted by molar-refractivity contribution is 7.89. The maximum atomic E-state index is 12.7. The Morgan fingerprint density at radius 2 is 1.81 bits per heavy atom. The summed E-state index contributed by atoms with van der Waals surface area (Å²) in [6.45, 7) is 0.991. The maximum Gasteiger partial charge on any atom is 0.338 e. The van der Waals surface area contributed by atoms with Crippen molar-refractivity contribution >= 4 is 39.1 Å². The van der Waals surface area contributed by atoms with Crippen LogP contribution >= 0.6 is 23.1 Å². The van der Waals surface area contributed by atoms with E-state index in [4.69, 9.17) is 16.3 Å². The van der Waals surface area contributed by atoms with E-state index in [0.29, 0.717) is 23.1 Å². The number of nitrogens with zero attached hydrogens (tertiary/aromatic N) is 3. The van der Waals surface area contributed by atoms with Crippen molar-refractivity contribution in [1.29, 1.82) is 0 Å². The second-order valence-corrected chi connectivity index (χ2v) is 9.21. The van der Waals surface area contributed by atoms with Crippen molar-refractivity contribution in [3.8, 4) is 0 Å². The van der Waals surface area contributed by atoms with E-state index in [9.17, 15) is 13.2 Å².